The van der Waals surface area contributed by atoms with Gasteiger partial charge in [0, 0.05) is 6.07 Å². The first-order valence-corrected chi connectivity index (χ1v) is 4.85. The van der Waals surface area contributed by atoms with Crippen molar-refractivity contribution in [2.75, 3.05) is 0 Å². The standard InChI is InChI=1S/C10H7F3N2S/c11-6-2-1-3-7(4-6)15-9(16)5-8(14-15)10(12)13/h1-5,10,14H. The van der Waals surface area contributed by atoms with E-state index in [0.29, 0.717) is 5.69 Å². The SMILES string of the molecule is Fc1cccc(-n2[nH]c(C(F)F)cc2=S)c1. The largest absolute Gasteiger partial charge is 0.291 e. The number of H-pyrrole nitrogens is 1. The number of rotatable bonds is 2. The number of aromatic nitrogens is 2. The van der Waals surface area contributed by atoms with Gasteiger partial charge in [0.15, 0.2) is 0 Å². The van der Waals surface area contributed by atoms with Crippen molar-refractivity contribution in [2.45, 2.75) is 6.43 Å². The van der Waals surface area contributed by atoms with Gasteiger partial charge in [-0.1, -0.05) is 18.3 Å². The maximum Gasteiger partial charge on any atom is 0.279 e. The number of alkyl halides is 2. The maximum absolute atomic E-state index is 12.9. The lowest BCUT2D eigenvalue weighted by Crippen LogP contribution is -1.98. The summed E-state index contributed by atoms with van der Waals surface area (Å²) in [7, 11) is 0. The molecular weight excluding hydrogens is 237 g/mol. The molecule has 0 amide bonds. The summed E-state index contributed by atoms with van der Waals surface area (Å²) in [5.74, 6) is -0.451. The van der Waals surface area contributed by atoms with E-state index in [4.69, 9.17) is 12.2 Å². The fourth-order valence-corrected chi connectivity index (χ4v) is 1.61. The third-order valence-corrected chi connectivity index (χ3v) is 2.34. The highest BCUT2D eigenvalue weighted by Gasteiger charge is 2.11. The van der Waals surface area contributed by atoms with E-state index >= 15 is 0 Å². The molecule has 0 saturated heterocycles. The first-order chi connectivity index (χ1) is 7.58. The minimum atomic E-state index is -2.63. The fourth-order valence-electron chi connectivity index (χ4n) is 1.33. The van der Waals surface area contributed by atoms with E-state index in [2.05, 4.69) is 5.10 Å². The van der Waals surface area contributed by atoms with E-state index in [1.165, 1.54) is 22.9 Å². The Morgan fingerprint density at radius 1 is 1.25 bits per heavy atom. The number of halogens is 3. The summed E-state index contributed by atoms with van der Waals surface area (Å²) in [6, 6.07) is 6.69. The van der Waals surface area contributed by atoms with Gasteiger partial charge in [-0.3, -0.25) is 5.10 Å². The van der Waals surface area contributed by atoms with Crippen LogP contribution in [0.25, 0.3) is 5.69 Å². The Morgan fingerprint density at radius 3 is 2.56 bits per heavy atom. The zero-order chi connectivity index (χ0) is 11.7. The van der Waals surface area contributed by atoms with Gasteiger partial charge in [0.1, 0.15) is 16.2 Å². The second-order valence-corrected chi connectivity index (χ2v) is 3.58. The van der Waals surface area contributed by atoms with Gasteiger partial charge in [-0.2, -0.15) is 0 Å². The van der Waals surface area contributed by atoms with Gasteiger partial charge in [-0.05, 0) is 18.2 Å². The molecule has 16 heavy (non-hydrogen) atoms. The summed E-state index contributed by atoms with van der Waals surface area (Å²) in [6.07, 6.45) is -2.63. The lowest BCUT2D eigenvalue weighted by atomic mass is 10.3. The van der Waals surface area contributed by atoms with Crippen LogP contribution >= 0.6 is 12.2 Å². The molecule has 84 valence electrons. The molecule has 0 saturated carbocycles. The van der Waals surface area contributed by atoms with Gasteiger partial charge in [-0.15, -0.1) is 0 Å². The van der Waals surface area contributed by atoms with E-state index in [0.717, 1.165) is 6.07 Å². The van der Waals surface area contributed by atoms with Gasteiger partial charge in [-0.25, -0.2) is 17.9 Å². The van der Waals surface area contributed by atoms with Gasteiger partial charge in [0.25, 0.3) is 6.43 Å². The topological polar surface area (TPSA) is 20.7 Å². The van der Waals surface area contributed by atoms with E-state index in [1.807, 2.05) is 0 Å². The molecule has 0 aliphatic carbocycles. The van der Waals surface area contributed by atoms with Gasteiger partial charge in [0.05, 0.1) is 5.69 Å². The van der Waals surface area contributed by atoms with Crippen molar-refractivity contribution in [3.8, 4) is 5.69 Å². The quantitative estimate of drug-likeness (QED) is 0.800. The third-order valence-electron chi connectivity index (χ3n) is 2.04. The highest BCUT2D eigenvalue weighted by molar-refractivity contribution is 7.71. The second-order valence-electron chi connectivity index (χ2n) is 3.17. The maximum atomic E-state index is 12.9. The summed E-state index contributed by atoms with van der Waals surface area (Å²) >= 11 is 4.89. The average Bonchev–Trinajstić information content (AvgIpc) is 2.60. The van der Waals surface area contributed by atoms with E-state index in [1.54, 1.807) is 6.07 Å². The van der Waals surface area contributed by atoms with Crippen molar-refractivity contribution >= 4 is 12.2 Å². The molecule has 1 aromatic carbocycles. The van der Waals surface area contributed by atoms with Crippen LogP contribution in [0.5, 0.6) is 0 Å². The zero-order valence-electron chi connectivity index (χ0n) is 7.95. The van der Waals surface area contributed by atoms with E-state index in [-0.39, 0.29) is 10.3 Å². The van der Waals surface area contributed by atoms with Crippen LogP contribution in [0.3, 0.4) is 0 Å². The third kappa shape index (κ3) is 2.01. The first-order valence-electron chi connectivity index (χ1n) is 4.44. The van der Waals surface area contributed by atoms with Crippen molar-refractivity contribution in [3.05, 3.63) is 46.5 Å². The molecule has 0 radical (unpaired) electrons. The minimum absolute atomic E-state index is 0.181. The molecule has 1 heterocycles. The van der Waals surface area contributed by atoms with Crippen molar-refractivity contribution in [3.63, 3.8) is 0 Å². The summed E-state index contributed by atoms with van der Waals surface area (Å²) in [5.41, 5.74) is 0.103. The predicted molar refractivity (Wildman–Crippen MR) is 55.9 cm³/mol. The number of hydrogen-bond acceptors (Lipinski definition) is 1. The van der Waals surface area contributed by atoms with Gasteiger partial charge in [0.2, 0.25) is 0 Å². The van der Waals surface area contributed by atoms with Crippen LogP contribution in [0.4, 0.5) is 13.2 Å². The summed E-state index contributed by atoms with van der Waals surface area (Å²) in [6.45, 7) is 0. The zero-order valence-corrected chi connectivity index (χ0v) is 8.77. The Hall–Kier alpha value is -1.56. The number of hydrogen-bond donors (Lipinski definition) is 1. The predicted octanol–water partition coefficient (Wildman–Crippen LogP) is 3.61. The van der Waals surface area contributed by atoms with Crippen LogP contribution in [0.2, 0.25) is 0 Å². The number of benzene rings is 1. The number of aromatic amines is 1. The van der Waals surface area contributed by atoms with E-state index < -0.39 is 12.2 Å². The summed E-state index contributed by atoms with van der Waals surface area (Å²) in [5, 5.41) is 2.42. The fraction of sp³-hybridized carbons (Fsp3) is 0.100. The molecule has 0 spiro atoms. The molecule has 0 bridgehead atoms. The molecule has 1 aromatic heterocycles. The van der Waals surface area contributed by atoms with Gasteiger partial charge < -0.3 is 0 Å². The molecule has 0 atom stereocenters. The van der Waals surface area contributed by atoms with Gasteiger partial charge >= 0.3 is 0 Å². The van der Waals surface area contributed by atoms with Crippen LogP contribution in [-0.2, 0) is 0 Å². The van der Waals surface area contributed by atoms with Crippen molar-refractivity contribution in [2.24, 2.45) is 0 Å². The molecule has 0 fully saturated rings. The smallest absolute Gasteiger partial charge is 0.279 e. The van der Waals surface area contributed by atoms with Crippen LogP contribution in [0.1, 0.15) is 12.1 Å². The van der Waals surface area contributed by atoms with Crippen molar-refractivity contribution in [1.82, 2.24) is 9.78 Å². The van der Waals surface area contributed by atoms with Crippen molar-refractivity contribution in [1.29, 1.82) is 0 Å². The van der Waals surface area contributed by atoms with Crippen LogP contribution < -0.4 is 0 Å². The first kappa shape index (κ1) is 10.9. The molecule has 2 rings (SSSR count). The van der Waals surface area contributed by atoms with E-state index in [9.17, 15) is 13.2 Å². The molecular formula is C10H7F3N2S. The van der Waals surface area contributed by atoms with Crippen LogP contribution in [-0.4, -0.2) is 9.78 Å². The highest BCUT2D eigenvalue weighted by Crippen LogP contribution is 2.19. The molecule has 6 heteroatoms. The Balaban J connectivity index is 2.52. The average molecular weight is 244 g/mol. The Bertz CT molecular complexity index is 559. The Labute approximate surface area is 94.3 Å². The summed E-state index contributed by atoms with van der Waals surface area (Å²) < 4.78 is 39.1. The van der Waals surface area contributed by atoms with Crippen LogP contribution in [0, 0.1) is 10.5 Å². The second kappa shape index (κ2) is 4.13. The lowest BCUT2D eigenvalue weighted by molar-refractivity contribution is 0.145. The molecule has 0 aliphatic heterocycles. The molecule has 2 nitrogen and oxygen atoms in total. The van der Waals surface area contributed by atoms with Crippen molar-refractivity contribution < 1.29 is 13.2 Å². The Morgan fingerprint density at radius 2 is 2.00 bits per heavy atom. The molecule has 0 aliphatic rings. The normalized spacial score (nSPS) is 11.0. The summed E-state index contributed by atoms with van der Waals surface area (Å²) in [4.78, 5) is 0. The highest BCUT2D eigenvalue weighted by atomic mass is 32.1. The minimum Gasteiger partial charge on any atom is -0.291 e. The van der Waals surface area contributed by atoms with Crippen LogP contribution in [0.15, 0.2) is 30.3 Å². The monoisotopic (exact) mass is 244 g/mol. The number of nitrogens with zero attached hydrogens (tertiary/aromatic N) is 1. The molecule has 1 N–H and O–H groups in total. The number of nitrogens with one attached hydrogen (secondary N) is 1. The Kier molecular flexibility index (Phi) is 2.82. The molecule has 2 aromatic rings. The lowest BCUT2D eigenvalue weighted by Gasteiger charge is -2.02. The molecule has 0 unspecified atom stereocenters.